The Hall–Kier alpha value is -3.42. The van der Waals surface area contributed by atoms with E-state index in [9.17, 15) is 13.6 Å². The van der Waals surface area contributed by atoms with Crippen LogP contribution in [0.2, 0.25) is 0 Å². The molecule has 0 unspecified atom stereocenters. The lowest BCUT2D eigenvalue weighted by Gasteiger charge is -2.20. The predicted octanol–water partition coefficient (Wildman–Crippen LogP) is 3.81. The van der Waals surface area contributed by atoms with Crippen molar-refractivity contribution >= 4 is 11.7 Å². The number of halogens is 2. The van der Waals surface area contributed by atoms with Crippen molar-refractivity contribution in [2.75, 3.05) is 25.1 Å². The fourth-order valence-electron chi connectivity index (χ4n) is 3.35. The van der Waals surface area contributed by atoms with Crippen molar-refractivity contribution in [1.82, 2.24) is 15.1 Å². The average molecular weight is 384 g/mol. The van der Waals surface area contributed by atoms with Crippen LogP contribution in [-0.4, -0.2) is 41.3 Å². The number of carbonyl (C=O) groups is 1. The lowest BCUT2D eigenvalue weighted by atomic mass is 10.1. The van der Waals surface area contributed by atoms with E-state index in [0.717, 1.165) is 0 Å². The molecule has 0 radical (unpaired) electrons. The molecule has 4 rings (SSSR count). The quantitative estimate of drug-likeness (QED) is 0.728. The fourth-order valence-corrected chi connectivity index (χ4v) is 3.35. The average Bonchev–Trinajstić information content (AvgIpc) is 3.33. The Balaban J connectivity index is 1.53. The number of amides is 2. The number of methoxy groups -OCH3 is 1. The van der Waals surface area contributed by atoms with Crippen LogP contribution in [0.5, 0.6) is 5.75 Å². The molecular formula is C20H18F2N4O2. The van der Waals surface area contributed by atoms with Crippen molar-refractivity contribution in [2.45, 2.75) is 6.54 Å². The lowest BCUT2D eigenvalue weighted by Crippen LogP contribution is -2.31. The summed E-state index contributed by atoms with van der Waals surface area (Å²) in [7, 11) is 1.50. The second-order valence-electron chi connectivity index (χ2n) is 6.46. The minimum Gasteiger partial charge on any atom is -0.496 e. The molecule has 3 aromatic rings. The van der Waals surface area contributed by atoms with Gasteiger partial charge in [0.25, 0.3) is 0 Å². The molecule has 1 aromatic heterocycles. The molecule has 2 amide bonds. The molecule has 6 nitrogen and oxygen atoms in total. The van der Waals surface area contributed by atoms with Crippen molar-refractivity contribution < 1.29 is 18.3 Å². The first-order chi connectivity index (χ1) is 13.6. The number of nitrogens with one attached hydrogen (secondary N) is 1. The van der Waals surface area contributed by atoms with Crippen molar-refractivity contribution in [1.29, 1.82) is 0 Å². The summed E-state index contributed by atoms with van der Waals surface area (Å²) in [4.78, 5) is 15.9. The highest BCUT2D eigenvalue weighted by atomic mass is 19.1. The largest absolute Gasteiger partial charge is 0.496 e. The highest BCUT2D eigenvalue weighted by Gasteiger charge is 2.30. The Morgan fingerprint density at radius 1 is 1.18 bits per heavy atom. The second-order valence-corrected chi connectivity index (χ2v) is 6.46. The molecule has 0 saturated carbocycles. The number of nitrogens with zero attached hydrogens (tertiary/aromatic N) is 3. The van der Waals surface area contributed by atoms with Crippen LogP contribution >= 0.6 is 0 Å². The van der Waals surface area contributed by atoms with E-state index in [-0.39, 0.29) is 12.6 Å². The van der Waals surface area contributed by atoms with Crippen molar-refractivity contribution in [3.05, 3.63) is 66.0 Å². The molecule has 1 fully saturated rings. The highest BCUT2D eigenvalue weighted by Crippen LogP contribution is 2.29. The number of carbonyl (C=O) groups excluding carboxylic acids is 1. The van der Waals surface area contributed by atoms with E-state index >= 15 is 0 Å². The SMILES string of the molecule is COc1ccc(F)cc1CN1CCN(c2ccc(-c3cn[nH]c3)c(F)c2)C1=O. The Morgan fingerprint density at radius 3 is 2.75 bits per heavy atom. The van der Waals surface area contributed by atoms with Gasteiger partial charge in [0.05, 0.1) is 19.9 Å². The summed E-state index contributed by atoms with van der Waals surface area (Å²) in [5.74, 6) is -0.309. The molecular weight excluding hydrogens is 366 g/mol. The third-order valence-corrected chi connectivity index (χ3v) is 4.77. The van der Waals surface area contributed by atoms with Gasteiger partial charge in [0.15, 0.2) is 0 Å². The van der Waals surface area contributed by atoms with E-state index < -0.39 is 11.6 Å². The summed E-state index contributed by atoms with van der Waals surface area (Å²) in [6.07, 6.45) is 3.14. The molecule has 1 N–H and O–H groups in total. The lowest BCUT2D eigenvalue weighted by molar-refractivity contribution is 0.218. The van der Waals surface area contributed by atoms with Gasteiger partial charge in [0.2, 0.25) is 0 Å². The summed E-state index contributed by atoms with van der Waals surface area (Å²) in [6.45, 7) is 1.08. The summed E-state index contributed by atoms with van der Waals surface area (Å²) in [6, 6.07) is 8.61. The Kier molecular flexibility index (Phi) is 4.68. The van der Waals surface area contributed by atoms with Gasteiger partial charge in [-0.3, -0.25) is 10.00 Å². The molecule has 0 aliphatic carbocycles. The zero-order chi connectivity index (χ0) is 19.7. The van der Waals surface area contributed by atoms with Crippen LogP contribution in [0.4, 0.5) is 19.3 Å². The maximum atomic E-state index is 14.5. The number of aromatic nitrogens is 2. The van der Waals surface area contributed by atoms with Crippen LogP contribution in [0.3, 0.4) is 0 Å². The molecule has 0 spiro atoms. The van der Waals surface area contributed by atoms with Crippen LogP contribution in [-0.2, 0) is 6.54 Å². The standard InChI is InChI=1S/C20H18F2N4O2/c1-28-19-5-2-15(21)8-13(19)12-25-6-7-26(20(25)27)16-3-4-17(18(22)9-16)14-10-23-24-11-14/h2-5,8-11H,6-7,12H2,1H3,(H,23,24). The van der Waals surface area contributed by atoms with Crippen LogP contribution < -0.4 is 9.64 Å². The summed E-state index contributed by atoms with van der Waals surface area (Å²) >= 11 is 0. The van der Waals surface area contributed by atoms with Gasteiger partial charge < -0.3 is 9.64 Å². The molecule has 8 heteroatoms. The number of anilines is 1. The highest BCUT2D eigenvalue weighted by molar-refractivity contribution is 5.94. The van der Waals surface area contributed by atoms with E-state index in [1.54, 1.807) is 23.2 Å². The first-order valence-electron chi connectivity index (χ1n) is 8.74. The zero-order valence-corrected chi connectivity index (χ0v) is 15.2. The van der Waals surface area contributed by atoms with Crippen LogP contribution in [0.15, 0.2) is 48.8 Å². The topological polar surface area (TPSA) is 61.5 Å². The minimum absolute atomic E-state index is 0.214. The Morgan fingerprint density at radius 2 is 2.04 bits per heavy atom. The first-order valence-corrected chi connectivity index (χ1v) is 8.74. The Bertz CT molecular complexity index is 1010. The molecule has 144 valence electrons. The maximum absolute atomic E-state index is 14.5. The number of H-pyrrole nitrogens is 1. The van der Waals surface area contributed by atoms with Gasteiger partial charge in [-0.1, -0.05) is 0 Å². The minimum atomic E-state index is -0.433. The molecule has 1 aliphatic rings. The van der Waals surface area contributed by atoms with Gasteiger partial charge in [0, 0.05) is 41.7 Å². The second kappa shape index (κ2) is 7.30. The number of hydrogen-bond donors (Lipinski definition) is 1. The van der Waals surface area contributed by atoms with Crippen molar-refractivity contribution in [3.8, 4) is 16.9 Å². The molecule has 28 heavy (non-hydrogen) atoms. The molecule has 1 saturated heterocycles. The molecule has 2 heterocycles. The number of hydrogen-bond acceptors (Lipinski definition) is 3. The van der Waals surface area contributed by atoms with E-state index in [1.165, 1.54) is 42.5 Å². The van der Waals surface area contributed by atoms with E-state index in [0.29, 0.717) is 41.2 Å². The molecule has 2 aromatic carbocycles. The van der Waals surface area contributed by atoms with Gasteiger partial charge in [-0.15, -0.1) is 0 Å². The zero-order valence-electron chi connectivity index (χ0n) is 15.2. The number of aromatic amines is 1. The number of ether oxygens (including phenoxy) is 1. The molecule has 1 aliphatic heterocycles. The number of urea groups is 1. The third kappa shape index (κ3) is 3.28. The van der Waals surface area contributed by atoms with Gasteiger partial charge >= 0.3 is 6.03 Å². The van der Waals surface area contributed by atoms with Crippen molar-refractivity contribution in [2.24, 2.45) is 0 Å². The van der Waals surface area contributed by atoms with Crippen molar-refractivity contribution in [3.63, 3.8) is 0 Å². The fraction of sp³-hybridized carbons (Fsp3) is 0.200. The van der Waals surface area contributed by atoms with E-state index in [1.807, 2.05) is 0 Å². The number of benzene rings is 2. The summed E-state index contributed by atoms with van der Waals surface area (Å²) in [5.41, 5.74) is 2.10. The normalized spacial score (nSPS) is 14.0. The van der Waals surface area contributed by atoms with Gasteiger partial charge in [0.1, 0.15) is 17.4 Å². The van der Waals surface area contributed by atoms with Crippen LogP contribution in [0, 0.1) is 11.6 Å². The summed E-state index contributed by atoms with van der Waals surface area (Å²) in [5, 5.41) is 6.47. The number of rotatable bonds is 5. The monoisotopic (exact) mass is 384 g/mol. The van der Waals surface area contributed by atoms with Gasteiger partial charge in [-0.25, -0.2) is 13.6 Å². The van der Waals surface area contributed by atoms with Gasteiger partial charge in [-0.2, -0.15) is 5.10 Å². The maximum Gasteiger partial charge on any atom is 0.324 e. The van der Waals surface area contributed by atoms with Crippen LogP contribution in [0.25, 0.3) is 11.1 Å². The van der Waals surface area contributed by atoms with E-state index in [2.05, 4.69) is 10.2 Å². The third-order valence-electron chi connectivity index (χ3n) is 4.77. The van der Waals surface area contributed by atoms with Gasteiger partial charge in [-0.05, 0) is 36.4 Å². The smallest absolute Gasteiger partial charge is 0.324 e. The van der Waals surface area contributed by atoms with Crippen LogP contribution in [0.1, 0.15) is 5.56 Å². The molecule has 0 bridgehead atoms. The first kappa shape index (κ1) is 18.0. The Labute approximate surface area is 160 Å². The van der Waals surface area contributed by atoms with E-state index in [4.69, 9.17) is 4.74 Å². The predicted molar refractivity (Wildman–Crippen MR) is 100 cm³/mol. The molecule has 0 atom stereocenters. The summed E-state index contributed by atoms with van der Waals surface area (Å²) < 4.78 is 33.4.